The lowest BCUT2D eigenvalue weighted by Gasteiger charge is -2.23. The fraction of sp³-hybridized carbons (Fsp3) is 0.417. The van der Waals surface area contributed by atoms with Gasteiger partial charge in [-0.15, -0.1) is 0 Å². The van der Waals surface area contributed by atoms with Gasteiger partial charge in [0.2, 0.25) is 11.8 Å². The average molecular weight is 420 g/mol. The highest BCUT2D eigenvalue weighted by atomic mass is 16.5. The van der Waals surface area contributed by atoms with Crippen molar-refractivity contribution in [2.75, 3.05) is 11.9 Å². The first-order chi connectivity index (χ1) is 15.0. The van der Waals surface area contributed by atoms with E-state index in [1.165, 1.54) is 6.92 Å². The standard InChI is InChI=1S/C24H24N2O5/c1-13(26-22(28)20-15-9-10-16(11-15)21(20)23(26)29)24(30)31-12-19(27)25-18-8-4-6-14-5-2-3-7-17(14)18/h2-8,13,15-16,20-21H,9-12H2,1H3,(H,25,27)/t13-,15+,16+,20+,21+/m1/s1. The Morgan fingerprint density at radius 1 is 1.03 bits per heavy atom. The van der Waals surface area contributed by atoms with Crippen LogP contribution in [0, 0.1) is 23.7 Å². The maximum Gasteiger partial charge on any atom is 0.329 e. The van der Waals surface area contributed by atoms with Crippen molar-refractivity contribution in [1.82, 2.24) is 4.90 Å². The predicted molar refractivity (Wildman–Crippen MR) is 113 cm³/mol. The molecule has 0 spiro atoms. The predicted octanol–water partition coefficient (Wildman–Crippen LogP) is 2.74. The summed E-state index contributed by atoms with van der Waals surface area (Å²) in [6.45, 7) is 1.00. The Morgan fingerprint density at radius 2 is 1.68 bits per heavy atom. The van der Waals surface area contributed by atoms with Crippen LogP contribution in [0.25, 0.3) is 10.8 Å². The van der Waals surface area contributed by atoms with E-state index in [9.17, 15) is 19.2 Å². The summed E-state index contributed by atoms with van der Waals surface area (Å²) < 4.78 is 5.15. The summed E-state index contributed by atoms with van der Waals surface area (Å²) in [5, 5.41) is 4.62. The summed E-state index contributed by atoms with van der Waals surface area (Å²) in [4.78, 5) is 51.7. The van der Waals surface area contributed by atoms with E-state index in [0.29, 0.717) is 5.69 Å². The van der Waals surface area contributed by atoms with Gasteiger partial charge < -0.3 is 10.1 Å². The van der Waals surface area contributed by atoms with E-state index < -0.39 is 24.5 Å². The lowest BCUT2D eigenvalue weighted by atomic mass is 9.81. The van der Waals surface area contributed by atoms with Crippen molar-refractivity contribution in [2.24, 2.45) is 23.7 Å². The van der Waals surface area contributed by atoms with Crippen molar-refractivity contribution in [3.05, 3.63) is 42.5 Å². The zero-order valence-electron chi connectivity index (χ0n) is 17.2. The smallest absolute Gasteiger partial charge is 0.329 e. The summed E-state index contributed by atoms with van der Waals surface area (Å²) in [6.07, 6.45) is 2.89. The average Bonchev–Trinajstić information content (AvgIpc) is 3.45. The quantitative estimate of drug-likeness (QED) is 0.593. The molecule has 2 saturated carbocycles. The fourth-order valence-electron chi connectivity index (χ4n) is 5.70. The van der Waals surface area contributed by atoms with Gasteiger partial charge in [-0.05, 0) is 49.5 Å². The number of fused-ring (bicyclic) bond motifs is 6. The molecule has 1 saturated heterocycles. The van der Waals surface area contributed by atoms with E-state index >= 15 is 0 Å². The van der Waals surface area contributed by atoms with Crippen LogP contribution >= 0.6 is 0 Å². The summed E-state index contributed by atoms with van der Waals surface area (Å²) in [7, 11) is 0. The Morgan fingerprint density at radius 3 is 2.39 bits per heavy atom. The second-order valence-electron chi connectivity index (χ2n) is 8.79. The fourth-order valence-corrected chi connectivity index (χ4v) is 5.70. The number of carbonyl (C=O) groups is 4. The SMILES string of the molecule is C[C@H](C(=O)OCC(=O)Nc1cccc2ccccc12)N1C(=O)[C@H]2[C@H]3CC[C@@H](C3)[C@@H]2C1=O. The second kappa shape index (κ2) is 7.48. The molecule has 3 aliphatic rings. The molecule has 3 amide bonds. The van der Waals surface area contributed by atoms with E-state index in [1.54, 1.807) is 6.07 Å². The number of hydrogen-bond donors (Lipinski definition) is 1. The van der Waals surface area contributed by atoms with Crippen LogP contribution in [0.1, 0.15) is 26.2 Å². The zero-order chi connectivity index (χ0) is 21.7. The van der Waals surface area contributed by atoms with E-state index in [1.807, 2.05) is 36.4 Å². The number of carbonyl (C=O) groups excluding carboxylic acids is 4. The number of likely N-dealkylation sites (tertiary alicyclic amines) is 1. The van der Waals surface area contributed by atoms with Crippen LogP contribution in [0.15, 0.2) is 42.5 Å². The van der Waals surface area contributed by atoms with Gasteiger partial charge in [0, 0.05) is 11.1 Å². The number of nitrogens with one attached hydrogen (secondary N) is 1. The molecule has 31 heavy (non-hydrogen) atoms. The molecule has 160 valence electrons. The first kappa shape index (κ1) is 19.7. The number of imide groups is 1. The molecule has 2 bridgehead atoms. The summed E-state index contributed by atoms with van der Waals surface area (Å²) >= 11 is 0. The maximum absolute atomic E-state index is 12.9. The number of ether oxygens (including phenoxy) is 1. The molecule has 5 rings (SSSR count). The van der Waals surface area contributed by atoms with Crippen molar-refractivity contribution in [1.29, 1.82) is 0 Å². The van der Waals surface area contributed by atoms with E-state index in [-0.39, 0.29) is 35.5 Å². The molecule has 0 unspecified atom stereocenters. The number of rotatable bonds is 5. The molecule has 3 fully saturated rings. The molecule has 1 N–H and O–H groups in total. The minimum absolute atomic E-state index is 0.256. The molecule has 2 aliphatic carbocycles. The van der Waals surface area contributed by atoms with Gasteiger partial charge in [0.1, 0.15) is 6.04 Å². The molecule has 2 aromatic carbocycles. The summed E-state index contributed by atoms with van der Waals surface area (Å²) in [5.74, 6) is -1.80. The van der Waals surface area contributed by atoms with Crippen LogP contribution < -0.4 is 5.32 Å². The normalized spacial score (nSPS) is 27.5. The number of esters is 1. The van der Waals surface area contributed by atoms with Gasteiger partial charge in [-0.25, -0.2) is 4.79 Å². The second-order valence-corrected chi connectivity index (χ2v) is 8.79. The lowest BCUT2D eigenvalue weighted by molar-refractivity contribution is -0.159. The Labute approximate surface area is 179 Å². The van der Waals surface area contributed by atoms with Crippen molar-refractivity contribution in [3.63, 3.8) is 0 Å². The Kier molecular flexibility index (Phi) is 4.76. The third-order valence-corrected chi connectivity index (χ3v) is 7.10. The summed E-state index contributed by atoms with van der Waals surface area (Å²) in [6, 6.07) is 12.2. The van der Waals surface area contributed by atoms with Crippen LogP contribution in [0.3, 0.4) is 0 Å². The van der Waals surface area contributed by atoms with Crippen LogP contribution in [-0.2, 0) is 23.9 Å². The third kappa shape index (κ3) is 3.19. The van der Waals surface area contributed by atoms with E-state index in [4.69, 9.17) is 4.74 Å². The third-order valence-electron chi connectivity index (χ3n) is 7.10. The van der Waals surface area contributed by atoms with Crippen molar-refractivity contribution in [3.8, 4) is 0 Å². The van der Waals surface area contributed by atoms with Gasteiger partial charge in [0.05, 0.1) is 11.8 Å². The number of anilines is 1. The summed E-state index contributed by atoms with van der Waals surface area (Å²) in [5.41, 5.74) is 0.625. The number of nitrogens with zero attached hydrogens (tertiary/aromatic N) is 1. The minimum atomic E-state index is -1.03. The highest BCUT2D eigenvalue weighted by Crippen LogP contribution is 2.56. The van der Waals surface area contributed by atoms with Crippen LogP contribution in [0.4, 0.5) is 5.69 Å². The minimum Gasteiger partial charge on any atom is -0.454 e. The number of amides is 3. The largest absolute Gasteiger partial charge is 0.454 e. The number of benzene rings is 2. The Balaban J connectivity index is 1.21. The molecule has 0 aromatic heterocycles. The van der Waals surface area contributed by atoms with Crippen LogP contribution in [-0.4, -0.2) is 41.2 Å². The van der Waals surface area contributed by atoms with Crippen LogP contribution in [0.2, 0.25) is 0 Å². The van der Waals surface area contributed by atoms with Crippen LogP contribution in [0.5, 0.6) is 0 Å². The van der Waals surface area contributed by atoms with Gasteiger partial charge in [-0.3, -0.25) is 19.3 Å². The zero-order valence-corrected chi connectivity index (χ0v) is 17.2. The molecular formula is C24H24N2O5. The molecule has 7 nitrogen and oxygen atoms in total. The topological polar surface area (TPSA) is 92.8 Å². The van der Waals surface area contributed by atoms with Gasteiger partial charge in [-0.2, -0.15) is 0 Å². The molecule has 5 atom stereocenters. The highest BCUT2D eigenvalue weighted by molar-refractivity contribution is 6.09. The maximum atomic E-state index is 12.9. The van der Waals surface area contributed by atoms with E-state index in [0.717, 1.165) is 34.9 Å². The number of hydrogen-bond acceptors (Lipinski definition) is 5. The molecule has 7 heteroatoms. The molecule has 0 radical (unpaired) electrons. The van der Waals surface area contributed by atoms with Gasteiger partial charge in [0.15, 0.2) is 6.61 Å². The lowest BCUT2D eigenvalue weighted by Crippen LogP contribution is -2.45. The molecular weight excluding hydrogens is 396 g/mol. The van der Waals surface area contributed by atoms with Gasteiger partial charge in [-0.1, -0.05) is 36.4 Å². The Bertz CT molecular complexity index is 1060. The molecule has 1 heterocycles. The van der Waals surface area contributed by atoms with Gasteiger partial charge >= 0.3 is 5.97 Å². The first-order valence-electron chi connectivity index (χ1n) is 10.8. The molecule has 1 aliphatic heterocycles. The van der Waals surface area contributed by atoms with Crippen molar-refractivity contribution >= 4 is 40.2 Å². The highest BCUT2D eigenvalue weighted by Gasteiger charge is 2.62. The Hall–Kier alpha value is -3.22. The monoisotopic (exact) mass is 420 g/mol. The van der Waals surface area contributed by atoms with E-state index in [2.05, 4.69) is 5.32 Å². The van der Waals surface area contributed by atoms with Crippen molar-refractivity contribution < 1.29 is 23.9 Å². The molecule has 2 aromatic rings. The first-order valence-corrected chi connectivity index (χ1v) is 10.8. The van der Waals surface area contributed by atoms with Gasteiger partial charge in [0.25, 0.3) is 5.91 Å². The van der Waals surface area contributed by atoms with Crippen molar-refractivity contribution in [2.45, 2.75) is 32.2 Å².